The van der Waals surface area contributed by atoms with Crippen LogP contribution in [0.2, 0.25) is 5.02 Å². The zero-order valence-electron chi connectivity index (χ0n) is 14.7. The van der Waals surface area contributed by atoms with Gasteiger partial charge in [0.25, 0.3) is 0 Å². The predicted molar refractivity (Wildman–Crippen MR) is 103 cm³/mol. The van der Waals surface area contributed by atoms with Crippen molar-refractivity contribution >= 4 is 23.2 Å². The maximum Gasteiger partial charge on any atom is 0.365 e. The third-order valence-corrected chi connectivity index (χ3v) is 4.21. The van der Waals surface area contributed by atoms with Crippen LogP contribution in [-0.4, -0.2) is 27.8 Å². The highest BCUT2D eigenvalue weighted by Gasteiger charge is 2.18. The van der Waals surface area contributed by atoms with Gasteiger partial charge in [0.1, 0.15) is 11.8 Å². The monoisotopic (exact) mass is 384 g/mol. The van der Waals surface area contributed by atoms with E-state index in [9.17, 15) is 9.59 Å². The highest BCUT2D eigenvalue weighted by Crippen LogP contribution is 2.19. The molecule has 0 saturated carbocycles. The van der Waals surface area contributed by atoms with Crippen LogP contribution in [0.4, 0.5) is 5.69 Å². The second-order valence-corrected chi connectivity index (χ2v) is 6.21. The Hall–Kier alpha value is -3.19. The third-order valence-electron chi connectivity index (χ3n) is 3.96. The number of halogens is 1. The van der Waals surface area contributed by atoms with Crippen molar-refractivity contribution in [2.24, 2.45) is 0 Å². The molecule has 2 aromatic carbocycles. The lowest BCUT2D eigenvalue weighted by molar-refractivity contribution is -0.119. The normalized spacial score (nSPS) is 11.7. The minimum atomic E-state index is -0.828. The van der Waals surface area contributed by atoms with Crippen LogP contribution < -0.4 is 15.7 Å². The molecule has 8 heteroatoms. The molecule has 0 saturated heterocycles. The largest absolute Gasteiger partial charge is 0.497 e. The summed E-state index contributed by atoms with van der Waals surface area (Å²) in [4.78, 5) is 28.8. The zero-order chi connectivity index (χ0) is 19.4. The molecule has 1 aromatic heterocycles. The molecule has 138 valence electrons. The van der Waals surface area contributed by atoms with Crippen molar-refractivity contribution in [3.05, 3.63) is 70.2 Å². The van der Waals surface area contributed by atoms with E-state index in [1.54, 1.807) is 62.6 Å². The molecule has 0 aliphatic rings. The Kier molecular flexibility index (Phi) is 5.52. The van der Waals surface area contributed by atoms with Crippen molar-refractivity contribution in [2.45, 2.75) is 13.0 Å². The predicted octanol–water partition coefficient (Wildman–Crippen LogP) is 3.17. The van der Waals surface area contributed by atoms with Gasteiger partial charge in [-0.2, -0.15) is 10.1 Å². The van der Waals surface area contributed by atoms with E-state index in [4.69, 9.17) is 16.3 Å². The second kappa shape index (κ2) is 8.01. The molecule has 3 rings (SSSR count). The first-order chi connectivity index (χ1) is 13.0. The average molecular weight is 385 g/mol. The minimum absolute atomic E-state index is 0.383. The topological polar surface area (TPSA) is 86.1 Å². The number of nitrogens with zero attached hydrogens (tertiary/aromatic N) is 3. The molecule has 27 heavy (non-hydrogen) atoms. The number of carbonyl (C=O) groups is 1. The van der Waals surface area contributed by atoms with Gasteiger partial charge in [-0.05, 0) is 55.5 Å². The number of amides is 1. The molecule has 1 atom stereocenters. The van der Waals surface area contributed by atoms with E-state index in [0.717, 1.165) is 10.2 Å². The van der Waals surface area contributed by atoms with Crippen LogP contribution in [0.15, 0.2) is 59.5 Å². The van der Waals surface area contributed by atoms with E-state index in [-0.39, 0.29) is 5.91 Å². The summed E-state index contributed by atoms with van der Waals surface area (Å²) in [5, 5.41) is 7.38. The molecule has 0 bridgehead atoms. The molecule has 0 fully saturated rings. The third kappa shape index (κ3) is 4.32. The summed E-state index contributed by atoms with van der Waals surface area (Å²) in [5.41, 5.74) is 1.12. The van der Waals surface area contributed by atoms with Gasteiger partial charge >= 0.3 is 5.69 Å². The van der Waals surface area contributed by atoms with Gasteiger partial charge in [-0.3, -0.25) is 4.79 Å². The van der Waals surface area contributed by atoms with Gasteiger partial charge < -0.3 is 10.1 Å². The van der Waals surface area contributed by atoms with E-state index < -0.39 is 11.7 Å². The quantitative estimate of drug-likeness (QED) is 0.730. The highest BCUT2D eigenvalue weighted by atomic mass is 35.5. The summed E-state index contributed by atoms with van der Waals surface area (Å²) in [7, 11) is 1.58. The number of aromatic nitrogens is 3. The van der Waals surface area contributed by atoms with E-state index in [1.165, 1.54) is 6.20 Å². The van der Waals surface area contributed by atoms with Gasteiger partial charge in [0, 0.05) is 16.3 Å². The summed E-state index contributed by atoms with van der Waals surface area (Å²) in [6, 6.07) is 12.9. The summed E-state index contributed by atoms with van der Waals surface area (Å²) in [5.74, 6) is 0.318. The minimum Gasteiger partial charge on any atom is -0.497 e. The van der Waals surface area contributed by atoms with Crippen molar-refractivity contribution in [1.82, 2.24) is 14.8 Å². The van der Waals surface area contributed by atoms with Crippen LogP contribution in [-0.2, 0) is 4.79 Å². The lowest BCUT2D eigenvalue weighted by Crippen LogP contribution is -2.34. The van der Waals surface area contributed by atoms with E-state index in [0.29, 0.717) is 22.2 Å². The standard InChI is InChI=1S/C19H17ClN4O3/c1-12(18(25)22-15-7-5-14(20)6-8-15)24-19(26)23-17(11-21-24)13-3-9-16(27-2)10-4-13/h3-12H,1-2H3,(H,22,25). The molecule has 7 nitrogen and oxygen atoms in total. The van der Waals surface area contributed by atoms with Crippen LogP contribution in [0.25, 0.3) is 11.3 Å². The Bertz CT molecular complexity index is 1000. The number of methoxy groups -OCH3 is 1. The van der Waals surface area contributed by atoms with Gasteiger partial charge in [-0.15, -0.1) is 0 Å². The van der Waals surface area contributed by atoms with Crippen molar-refractivity contribution in [3.8, 4) is 17.0 Å². The van der Waals surface area contributed by atoms with E-state index >= 15 is 0 Å². The molecule has 0 spiro atoms. The fourth-order valence-corrected chi connectivity index (χ4v) is 2.53. The molecular weight excluding hydrogens is 368 g/mol. The van der Waals surface area contributed by atoms with Crippen molar-refractivity contribution in [2.75, 3.05) is 12.4 Å². The summed E-state index contributed by atoms with van der Waals surface area (Å²) < 4.78 is 6.15. The lowest BCUT2D eigenvalue weighted by atomic mass is 10.1. The number of nitrogens with one attached hydrogen (secondary N) is 1. The molecule has 1 unspecified atom stereocenters. The van der Waals surface area contributed by atoms with Crippen LogP contribution in [0.5, 0.6) is 5.75 Å². The number of hydrogen-bond acceptors (Lipinski definition) is 5. The number of ether oxygens (including phenoxy) is 1. The number of carbonyl (C=O) groups excluding carboxylic acids is 1. The van der Waals surface area contributed by atoms with Gasteiger partial charge in [-0.25, -0.2) is 9.48 Å². The smallest absolute Gasteiger partial charge is 0.365 e. The zero-order valence-corrected chi connectivity index (χ0v) is 15.5. The molecule has 0 radical (unpaired) electrons. The van der Waals surface area contributed by atoms with E-state index in [1.807, 2.05) is 0 Å². The number of hydrogen-bond donors (Lipinski definition) is 1. The number of anilines is 1. The Morgan fingerprint density at radius 3 is 2.41 bits per heavy atom. The average Bonchev–Trinajstić information content (AvgIpc) is 2.69. The maximum atomic E-state index is 12.4. The van der Waals surface area contributed by atoms with Crippen molar-refractivity contribution in [1.29, 1.82) is 0 Å². The Morgan fingerprint density at radius 2 is 1.81 bits per heavy atom. The van der Waals surface area contributed by atoms with Crippen LogP contribution in [0.1, 0.15) is 13.0 Å². The molecule has 0 aliphatic carbocycles. The number of rotatable bonds is 5. The van der Waals surface area contributed by atoms with Gasteiger partial charge in [0.15, 0.2) is 0 Å². The first kappa shape index (κ1) is 18.6. The van der Waals surface area contributed by atoms with Gasteiger partial charge in [0.2, 0.25) is 5.91 Å². The molecule has 1 N–H and O–H groups in total. The van der Waals surface area contributed by atoms with Gasteiger partial charge in [0.05, 0.1) is 19.0 Å². The van der Waals surface area contributed by atoms with Crippen molar-refractivity contribution in [3.63, 3.8) is 0 Å². The fraction of sp³-hybridized carbons (Fsp3) is 0.158. The fourth-order valence-electron chi connectivity index (χ4n) is 2.41. The summed E-state index contributed by atoms with van der Waals surface area (Å²) in [6.07, 6.45) is 1.45. The first-order valence-corrected chi connectivity index (χ1v) is 8.52. The summed E-state index contributed by atoms with van der Waals surface area (Å²) in [6.45, 7) is 1.58. The molecule has 1 heterocycles. The van der Waals surface area contributed by atoms with Crippen LogP contribution in [0, 0.1) is 0 Å². The SMILES string of the molecule is COc1ccc(-c2cnn(C(C)C(=O)Nc3ccc(Cl)cc3)c(=O)n2)cc1. The van der Waals surface area contributed by atoms with Gasteiger partial charge in [-0.1, -0.05) is 11.6 Å². The Morgan fingerprint density at radius 1 is 1.15 bits per heavy atom. The van der Waals surface area contributed by atoms with Crippen LogP contribution >= 0.6 is 11.6 Å². The Balaban J connectivity index is 1.78. The first-order valence-electron chi connectivity index (χ1n) is 8.14. The molecular formula is C19H17ClN4O3. The van der Waals surface area contributed by atoms with Crippen LogP contribution in [0.3, 0.4) is 0 Å². The molecule has 0 aliphatic heterocycles. The lowest BCUT2D eigenvalue weighted by Gasteiger charge is -2.14. The molecule has 3 aromatic rings. The maximum absolute atomic E-state index is 12.4. The van der Waals surface area contributed by atoms with Crippen molar-refractivity contribution < 1.29 is 9.53 Å². The van der Waals surface area contributed by atoms with E-state index in [2.05, 4.69) is 15.4 Å². The Labute approximate surface area is 160 Å². The molecule has 1 amide bonds. The highest BCUT2D eigenvalue weighted by molar-refractivity contribution is 6.30. The summed E-state index contributed by atoms with van der Waals surface area (Å²) >= 11 is 5.83. The number of benzene rings is 2. The second-order valence-electron chi connectivity index (χ2n) is 5.77.